The normalized spacial score (nSPS) is 13.7. The number of carbonyl (C=O) groups excluding carboxylic acids is 2. The molecule has 1 aliphatic heterocycles. The number of aromatic nitrogens is 3. The standard InChI is InChI=1S/C27H28N6O2/c34-26(16-20-5-6-21-3-1-2-4-22(21)15-20)33-13-11-32(12-14-33)25-8-7-23(17-30-25)27(35)29-10-9-24-18-28-19-31-24/h1-8,15,17-19H,9-14,16H2,(H,28,31)(H,29,35). The molecule has 8 nitrogen and oxygen atoms in total. The molecule has 0 atom stereocenters. The van der Waals surface area contributed by atoms with Crippen molar-refractivity contribution in [1.29, 1.82) is 0 Å². The molecule has 2 aromatic heterocycles. The predicted octanol–water partition coefficient (Wildman–Crippen LogP) is 2.82. The molecule has 0 aliphatic carbocycles. The van der Waals surface area contributed by atoms with E-state index >= 15 is 0 Å². The number of pyridine rings is 1. The van der Waals surface area contributed by atoms with Crippen LogP contribution in [-0.2, 0) is 17.6 Å². The summed E-state index contributed by atoms with van der Waals surface area (Å²) in [4.78, 5) is 40.8. The molecular weight excluding hydrogens is 440 g/mol. The van der Waals surface area contributed by atoms with Crippen molar-refractivity contribution in [2.24, 2.45) is 0 Å². The Morgan fingerprint density at radius 2 is 1.77 bits per heavy atom. The van der Waals surface area contributed by atoms with Gasteiger partial charge in [-0.05, 0) is 28.5 Å². The van der Waals surface area contributed by atoms with Crippen LogP contribution in [0, 0.1) is 0 Å². The molecular formula is C27H28N6O2. The minimum Gasteiger partial charge on any atom is -0.353 e. The molecule has 2 N–H and O–H groups in total. The average Bonchev–Trinajstić information content (AvgIpc) is 3.42. The van der Waals surface area contributed by atoms with Crippen LogP contribution in [0.25, 0.3) is 10.8 Å². The Bertz CT molecular complexity index is 1300. The molecule has 0 saturated carbocycles. The van der Waals surface area contributed by atoms with Crippen molar-refractivity contribution in [2.75, 3.05) is 37.6 Å². The van der Waals surface area contributed by atoms with Crippen molar-refractivity contribution in [2.45, 2.75) is 12.8 Å². The third-order valence-corrected chi connectivity index (χ3v) is 6.37. The lowest BCUT2D eigenvalue weighted by Gasteiger charge is -2.35. The van der Waals surface area contributed by atoms with E-state index in [1.807, 2.05) is 29.2 Å². The van der Waals surface area contributed by atoms with Gasteiger partial charge in [0.15, 0.2) is 0 Å². The SMILES string of the molecule is O=C(NCCc1cnc[nH]1)c1ccc(N2CCN(C(=O)Cc3ccc4ccccc4c3)CC2)nc1. The van der Waals surface area contributed by atoms with Gasteiger partial charge in [0.05, 0.1) is 18.3 Å². The number of anilines is 1. The van der Waals surface area contributed by atoms with Crippen molar-refractivity contribution in [3.05, 3.63) is 90.1 Å². The van der Waals surface area contributed by atoms with Gasteiger partial charge in [0.2, 0.25) is 5.91 Å². The maximum Gasteiger partial charge on any atom is 0.252 e. The highest BCUT2D eigenvalue weighted by Crippen LogP contribution is 2.18. The molecule has 5 rings (SSSR count). The van der Waals surface area contributed by atoms with Crippen LogP contribution in [0.3, 0.4) is 0 Å². The zero-order chi connectivity index (χ0) is 24.0. The van der Waals surface area contributed by atoms with E-state index in [0.29, 0.717) is 51.1 Å². The quantitative estimate of drug-likeness (QED) is 0.435. The molecule has 35 heavy (non-hydrogen) atoms. The topological polar surface area (TPSA) is 94.2 Å². The van der Waals surface area contributed by atoms with E-state index in [4.69, 9.17) is 0 Å². The van der Waals surface area contributed by atoms with Gasteiger partial charge in [-0.3, -0.25) is 9.59 Å². The van der Waals surface area contributed by atoms with Gasteiger partial charge in [-0.1, -0.05) is 42.5 Å². The van der Waals surface area contributed by atoms with Crippen LogP contribution < -0.4 is 10.2 Å². The first-order valence-corrected chi connectivity index (χ1v) is 11.9. The van der Waals surface area contributed by atoms with Gasteiger partial charge in [0.1, 0.15) is 5.82 Å². The summed E-state index contributed by atoms with van der Waals surface area (Å²) < 4.78 is 0. The lowest BCUT2D eigenvalue weighted by molar-refractivity contribution is -0.130. The predicted molar refractivity (Wildman–Crippen MR) is 135 cm³/mol. The van der Waals surface area contributed by atoms with Gasteiger partial charge in [0, 0.05) is 57.2 Å². The first-order valence-electron chi connectivity index (χ1n) is 11.9. The van der Waals surface area contributed by atoms with Crippen LogP contribution >= 0.6 is 0 Å². The Balaban J connectivity index is 1.10. The number of carbonyl (C=O) groups is 2. The summed E-state index contributed by atoms with van der Waals surface area (Å²) in [7, 11) is 0. The number of rotatable bonds is 7. The molecule has 1 aliphatic rings. The Kier molecular flexibility index (Phi) is 6.70. The Hall–Kier alpha value is -4.20. The van der Waals surface area contributed by atoms with Crippen molar-refractivity contribution in [3.8, 4) is 0 Å². The highest BCUT2D eigenvalue weighted by molar-refractivity contribution is 5.94. The van der Waals surface area contributed by atoms with Crippen LogP contribution in [0.4, 0.5) is 5.82 Å². The number of hydrogen-bond acceptors (Lipinski definition) is 5. The van der Waals surface area contributed by atoms with Gasteiger partial charge in [0.25, 0.3) is 5.91 Å². The largest absolute Gasteiger partial charge is 0.353 e. The van der Waals surface area contributed by atoms with Gasteiger partial charge in [-0.2, -0.15) is 0 Å². The number of amides is 2. The Morgan fingerprint density at radius 1 is 0.943 bits per heavy atom. The number of imidazole rings is 1. The number of fused-ring (bicyclic) bond motifs is 1. The highest BCUT2D eigenvalue weighted by atomic mass is 16.2. The fraction of sp³-hybridized carbons (Fsp3) is 0.259. The number of piperazine rings is 1. The van der Waals surface area contributed by atoms with Crippen LogP contribution in [0.2, 0.25) is 0 Å². The summed E-state index contributed by atoms with van der Waals surface area (Å²) in [5.41, 5.74) is 2.55. The van der Waals surface area contributed by atoms with E-state index in [-0.39, 0.29) is 11.8 Å². The number of hydrogen-bond donors (Lipinski definition) is 2. The fourth-order valence-corrected chi connectivity index (χ4v) is 4.36. The van der Waals surface area contributed by atoms with Gasteiger partial charge >= 0.3 is 0 Å². The van der Waals surface area contributed by atoms with Gasteiger partial charge in [-0.15, -0.1) is 0 Å². The molecule has 3 heterocycles. The van der Waals surface area contributed by atoms with E-state index in [2.05, 4.69) is 49.4 Å². The summed E-state index contributed by atoms with van der Waals surface area (Å²) in [6.07, 6.45) is 6.09. The lowest BCUT2D eigenvalue weighted by atomic mass is 10.0. The minimum atomic E-state index is -0.146. The molecule has 0 radical (unpaired) electrons. The third-order valence-electron chi connectivity index (χ3n) is 6.37. The maximum absolute atomic E-state index is 12.9. The second-order valence-corrected chi connectivity index (χ2v) is 8.71. The fourth-order valence-electron chi connectivity index (χ4n) is 4.36. The van der Waals surface area contributed by atoms with E-state index in [1.54, 1.807) is 24.8 Å². The van der Waals surface area contributed by atoms with E-state index in [9.17, 15) is 9.59 Å². The molecule has 0 unspecified atom stereocenters. The number of nitrogens with zero attached hydrogens (tertiary/aromatic N) is 4. The molecule has 1 saturated heterocycles. The first-order chi connectivity index (χ1) is 17.2. The van der Waals surface area contributed by atoms with Gasteiger partial charge < -0.3 is 20.1 Å². The summed E-state index contributed by atoms with van der Waals surface area (Å²) in [5, 5.41) is 5.24. The summed E-state index contributed by atoms with van der Waals surface area (Å²) >= 11 is 0. The zero-order valence-corrected chi connectivity index (χ0v) is 19.5. The Labute approximate surface area is 204 Å². The van der Waals surface area contributed by atoms with E-state index in [0.717, 1.165) is 22.5 Å². The third kappa shape index (κ3) is 5.48. The van der Waals surface area contributed by atoms with Crippen LogP contribution in [-0.4, -0.2) is 64.4 Å². The smallest absolute Gasteiger partial charge is 0.252 e. The molecule has 8 heteroatoms. The molecule has 2 amide bonds. The van der Waals surface area contributed by atoms with Crippen molar-refractivity contribution in [3.63, 3.8) is 0 Å². The van der Waals surface area contributed by atoms with Crippen molar-refractivity contribution < 1.29 is 9.59 Å². The number of nitrogens with one attached hydrogen (secondary N) is 2. The van der Waals surface area contributed by atoms with E-state index < -0.39 is 0 Å². The summed E-state index contributed by atoms with van der Waals surface area (Å²) in [6, 6.07) is 18.1. The molecule has 0 spiro atoms. The summed E-state index contributed by atoms with van der Waals surface area (Å²) in [6.45, 7) is 3.27. The highest BCUT2D eigenvalue weighted by Gasteiger charge is 2.22. The summed E-state index contributed by atoms with van der Waals surface area (Å²) in [5.74, 6) is 0.823. The van der Waals surface area contributed by atoms with Crippen LogP contribution in [0.1, 0.15) is 21.6 Å². The molecule has 4 aromatic rings. The minimum absolute atomic E-state index is 0.146. The lowest BCUT2D eigenvalue weighted by Crippen LogP contribution is -2.49. The second-order valence-electron chi connectivity index (χ2n) is 8.71. The van der Waals surface area contributed by atoms with Crippen LogP contribution in [0.5, 0.6) is 0 Å². The van der Waals surface area contributed by atoms with Crippen molar-refractivity contribution in [1.82, 2.24) is 25.2 Å². The number of aromatic amines is 1. The van der Waals surface area contributed by atoms with E-state index in [1.165, 1.54) is 5.39 Å². The monoisotopic (exact) mass is 468 g/mol. The number of benzene rings is 2. The first kappa shape index (κ1) is 22.6. The zero-order valence-electron chi connectivity index (χ0n) is 19.5. The van der Waals surface area contributed by atoms with Gasteiger partial charge in [-0.25, -0.2) is 9.97 Å². The Morgan fingerprint density at radius 3 is 2.51 bits per heavy atom. The number of H-pyrrole nitrogens is 1. The maximum atomic E-state index is 12.9. The average molecular weight is 469 g/mol. The van der Waals surface area contributed by atoms with Crippen LogP contribution in [0.15, 0.2) is 73.3 Å². The molecule has 2 aromatic carbocycles. The molecule has 0 bridgehead atoms. The molecule has 178 valence electrons. The molecule has 1 fully saturated rings. The van der Waals surface area contributed by atoms with Crippen molar-refractivity contribution >= 4 is 28.4 Å². The second kappa shape index (κ2) is 10.4.